The summed E-state index contributed by atoms with van der Waals surface area (Å²) in [6, 6.07) is 13.0. The van der Waals surface area contributed by atoms with E-state index >= 15 is 0 Å². The minimum absolute atomic E-state index is 0.340. The molecule has 1 nitrogen and oxygen atoms in total. The molecule has 102 valence electrons. The van der Waals surface area contributed by atoms with Crippen LogP contribution in [-0.4, -0.2) is 6.54 Å². The highest BCUT2D eigenvalue weighted by molar-refractivity contribution is 7.11. The van der Waals surface area contributed by atoms with E-state index in [0.29, 0.717) is 6.04 Å². The summed E-state index contributed by atoms with van der Waals surface area (Å²) < 4.78 is 0. The van der Waals surface area contributed by atoms with Gasteiger partial charge in [-0.3, -0.25) is 0 Å². The summed E-state index contributed by atoms with van der Waals surface area (Å²) in [7, 11) is 0. The molecule has 0 radical (unpaired) electrons. The lowest BCUT2D eigenvalue weighted by Crippen LogP contribution is -2.22. The van der Waals surface area contributed by atoms with Gasteiger partial charge in [0.05, 0.1) is 0 Å². The second-order valence-electron chi connectivity index (χ2n) is 4.59. The molecule has 2 aromatic rings. The zero-order valence-electron chi connectivity index (χ0n) is 11.4. The average molecular weight is 294 g/mol. The van der Waals surface area contributed by atoms with E-state index in [1.807, 2.05) is 23.5 Å². The Morgan fingerprint density at radius 2 is 1.95 bits per heavy atom. The molecule has 1 aromatic heterocycles. The Bertz CT molecular complexity index is 521. The predicted octanol–water partition coefficient (Wildman–Crippen LogP) is 4.86. The Hall–Kier alpha value is -0.830. The quantitative estimate of drug-likeness (QED) is 0.802. The Labute approximate surface area is 124 Å². The fourth-order valence-electron chi connectivity index (χ4n) is 2.20. The first-order valence-corrected chi connectivity index (χ1v) is 7.98. The van der Waals surface area contributed by atoms with E-state index in [1.165, 1.54) is 15.3 Å². The van der Waals surface area contributed by atoms with Crippen LogP contribution in [0.15, 0.2) is 36.4 Å². The Morgan fingerprint density at radius 3 is 2.58 bits per heavy atom. The van der Waals surface area contributed by atoms with Gasteiger partial charge in [-0.05, 0) is 42.8 Å². The number of thiophene rings is 1. The van der Waals surface area contributed by atoms with Gasteiger partial charge in [0.2, 0.25) is 0 Å². The lowest BCUT2D eigenvalue weighted by molar-refractivity contribution is 0.553. The van der Waals surface area contributed by atoms with E-state index in [9.17, 15) is 0 Å². The average Bonchev–Trinajstić information content (AvgIpc) is 2.86. The molecule has 2 rings (SSSR count). The first-order chi connectivity index (χ1) is 9.22. The van der Waals surface area contributed by atoms with Crippen LogP contribution in [0.25, 0.3) is 0 Å². The number of hydrogen-bond acceptors (Lipinski definition) is 2. The smallest absolute Gasteiger partial charge is 0.0409 e. The molecule has 1 unspecified atom stereocenters. The summed E-state index contributed by atoms with van der Waals surface area (Å²) in [4.78, 5) is 2.89. The molecule has 1 N–H and O–H groups in total. The summed E-state index contributed by atoms with van der Waals surface area (Å²) in [6.07, 6.45) is 2.15. The first kappa shape index (κ1) is 14.6. The summed E-state index contributed by atoms with van der Waals surface area (Å²) in [6.45, 7) is 5.31. The highest BCUT2D eigenvalue weighted by Crippen LogP contribution is 2.25. The first-order valence-electron chi connectivity index (χ1n) is 6.79. The maximum Gasteiger partial charge on any atom is 0.0409 e. The second-order valence-corrected chi connectivity index (χ2v) is 6.28. The summed E-state index contributed by atoms with van der Waals surface area (Å²) in [5.41, 5.74) is 1.26. The van der Waals surface area contributed by atoms with Crippen molar-refractivity contribution in [3.8, 4) is 0 Å². The fraction of sp³-hybridized carbons (Fsp3) is 0.375. The SMILES string of the molecule is CCNC(Cc1ccc(CC)s1)c1cccc(Cl)c1. The molecule has 0 bridgehead atoms. The second kappa shape index (κ2) is 7.09. The van der Waals surface area contributed by atoms with Gasteiger partial charge in [0.15, 0.2) is 0 Å². The van der Waals surface area contributed by atoms with Crippen LogP contribution in [0.3, 0.4) is 0 Å². The van der Waals surface area contributed by atoms with Crippen molar-refractivity contribution in [3.63, 3.8) is 0 Å². The Morgan fingerprint density at radius 1 is 1.16 bits per heavy atom. The molecule has 0 saturated carbocycles. The highest BCUT2D eigenvalue weighted by atomic mass is 35.5. The minimum Gasteiger partial charge on any atom is -0.310 e. The lowest BCUT2D eigenvalue weighted by Gasteiger charge is -2.18. The molecule has 0 aliphatic carbocycles. The van der Waals surface area contributed by atoms with Crippen LogP contribution in [0, 0.1) is 0 Å². The van der Waals surface area contributed by atoms with Gasteiger partial charge in [-0.2, -0.15) is 0 Å². The van der Waals surface area contributed by atoms with Crippen molar-refractivity contribution >= 4 is 22.9 Å². The van der Waals surface area contributed by atoms with Gasteiger partial charge in [-0.15, -0.1) is 11.3 Å². The van der Waals surface area contributed by atoms with E-state index in [2.05, 4.69) is 43.4 Å². The van der Waals surface area contributed by atoms with Crippen molar-refractivity contribution in [2.45, 2.75) is 32.7 Å². The van der Waals surface area contributed by atoms with Gasteiger partial charge in [0.1, 0.15) is 0 Å². The van der Waals surface area contributed by atoms with Gasteiger partial charge in [0.25, 0.3) is 0 Å². The van der Waals surface area contributed by atoms with Crippen molar-refractivity contribution in [1.29, 1.82) is 0 Å². The Balaban J connectivity index is 2.15. The van der Waals surface area contributed by atoms with E-state index in [1.54, 1.807) is 0 Å². The molecule has 0 spiro atoms. The molecule has 0 saturated heterocycles. The van der Waals surface area contributed by atoms with E-state index in [0.717, 1.165) is 24.4 Å². The van der Waals surface area contributed by atoms with Crippen LogP contribution < -0.4 is 5.32 Å². The number of halogens is 1. The fourth-order valence-corrected chi connectivity index (χ4v) is 3.40. The zero-order valence-corrected chi connectivity index (χ0v) is 13.0. The monoisotopic (exact) mass is 293 g/mol. The number of nitrogens with one attached hydrogen (secondary N) is 1. The molecule has 1 atom stereocenters. The van der Waals surface area contributed by atoms with Gasteiger partial charge < -0.3 is 5.32 Å². The largest absolute Gasteiger partial charge is 0.310 e. The topological polar surface area (TPSA) is 12.0 Å². The third-order valence-corrected chi connectivity index (χ3v) is 4.66. The maximum atomic E-state index is 6.09. The third kappa shape index (κ3) is 4.07. The number of rotatable bonds is 6. The standard InChI is InChI=1S/C16H20ClNS/c1-3-14-8-9-15(19-14)11-16(18-4-2)12-6-5-7-13(17)10-12/h5-10,16,18H,3-4,11H2,1-2H3. The number of likely N-dealkylation sites (N-methyl/N-ethyl adjacent to an activating group) is 1. The van der Waals surface area contributed by atoms with Crippen molar-refractivity contribution in [2.75, 3.05) is 6.54 Å². The highest BCUT2D eigenvalue weighted by Gasteiger charge is 2.12. The molecule has 1 aromatic carbocycles. The molecular weight excluding hydrogens is 274 g/mol. The zero-order chi connectivity index (χ0) is 13.7. The number of aryl methyl sites for hydroxylation is 1. The molecule has 1 heterocycles. The number of benzene rings is 1. The molecule has 0 fully saturated rings. The minimum atomic E-state index is 0.340. The van der Waals surface area contributed by atoms with Crippen LogP contribution in [0.5, 0.6) is 0 Å². The summed E-state index contributed by atoms with van der Waals surface area (Å²) >= 11 is 8.01. The molecule has 19 heavy (non-hydrogen) atoms. The summed E-state index contributed by atoms with van der Waals surface area (Å²) in [5.74, 6) is 0. The molecular formula is C16H20ClNS. The van der Waals surface area contributed by atoms with E-state index < -0.39 is 0 Å². The lowest BCUT2D eigenvalue weighted by atomic mass is 10.0. The molecule has 0 aliphatic rings. The van der Waals surface area contributed by atoms with Gasteiger partial charge in [-0.1, -0.05) is 37.6 Å². The maximum absolute atomic E-state index is 6.09. The van der Waals surface area contributed by atoms with Gasteiger partial charge >= 0.3 is 0 Å². The van der Waals surface area contributed by atoms with Crippen LogP contribution in [0.2, 0.25) is 5.02 Å². The van der Waals surface area contributed by atoms with Crippen LogP contribution >= 0.6 is 22.9 Å². The Kier molecular flexibility index (Phi) is 5.44. The van der Waals surface area contributed by atoms with Crippen molar-refractivity contribution < 1.29 is 0 Å². The molecule has 0 amide bonds. The van der Waals surface area contributed by atoms with Crippen LogP contribution in [0.4, 0.5) is 0 Å². The van der Waals surface area contributed by atoms with Crippen molar-refractivity contribution in [1.82, 2.24) is 5.32 Å². The van der Waals surface area contributed by atoms with Crippen LogP contribution in [-0.2, 0) is 12.8 Å². The van der Waals surface area contributed by atoms with Crippen molar-refractivity contribution in [2.24, 2.45) is 0 Å². The van der Waals surface area contributed by atoms with Gasteiger partial charge in [0, 0.05) is 27.2 Å². The molecule has 0 aliphatic heterocycles. The van der Waals surface area contributed by atoms with Crippen molar-refractivity contribution in [3.05, 3.63) is 56.7 Å². The van der Waals surface area contributed by atoms with E-state index in [4.69, 9.17) is 11.6 Å². The van der Waals surface area contributed by atoms with E-state index in [-0.39, 0.29) is 0 Å². The predicted molar refractivity (Wildman–Crippen MR) is 85.3 cm³/mol. The van der Waals surface area contributed by atoms with Gasteiger partial charge in [-0.25, -0.2) is 0 Å². The summed E-state index contributed by atoms with van der Waals surface area (Å²) in [5, 5.41) is 4.36. The van der Waals surface area contributed by atoms with Crippen LogP contribution in [0.1, 0.15) is 35.2 Å². The normalized spacial score (nSPS) is 12.6. The number of hydrogen-bond donors (Lipinski definition) is 1. The molecule has 3 heteroatoms. The third-order valence-electron chi connectivity index (χ3n) is 3.17.